The molecule has 0 aliphatic rings. The lowest BCUT2D eigenvalue weighted by Gasteiger charge is -2.01. The molecule has 0 atom stereocenters. The first-order chi connectivity index (χ1) is 7.22. The van der Waals surface area contributed by atoms with E-state index in [0.29, 0.717) is 23.2 Å². The second-order valence-corrected chi connectivity index (χ2v) is 3.18. The number of aromatic nitrogens is 2. The van der Waals surface area contributed by atoms with Crippen LogP contribution in [0.15, 0.2) is 30.5 Å². The molecule has 0 amide bonds. The Kier molecular flexibility index (Phi) is 2.33. The third-order valence-corrected chi connectivity index (χ3v) is 2.16. The number of carbonyl (C=O) groups is 1. The molecule has 15 heavy (non-hydrogen) atoms. The van der Waals surface area contributed by atoms with Crippen molar-refractivity contribution in [3.63, 3.8) is 0 Å². The van der Waals surface area contributed by atoms with Crippen molar-refractivity contribution >= 4 is 6.29 Å². The van der Waals surface area contributed by atoms with Crippen LogP contribution in [-0.2, 0) is 0 Å². The number of hydrogen-bond acceptors (Lipinski definition) is 2. The number of rotatable bonds is 2. The molecule has 2 aromatic rings. The van der Waals surface area contributed by atoms with Crippen molar-refractivity contribution in [1.82, 2.24) is 9.78 Å². The maximum Gasteiger partial charge on any atom is 0.153 e. The normalized spacial score (nSPS) is 10.3. The summed E-state index contributed by atoms with van der Waals surface area (Å²) in [6, 6.07) is 6.29. The molecule has 0 saturated heterocycles. The van der Waals surface area contributed by atoms with Gasteiger partial charge in [-0.1, -0.05) is 12.1 Å². The summed E-state index contributed by atoms with van der Waals surface area (Å²) in [5, 5.41) is 4.06. The number of aldehydes is 1. The van der Waals surface area contributed by atoms with E-state index in [9.17, 15) is 9.18 Å². The summed E-state index contributed by atoms with van der Waals surface area (Å²) in [5.41, 5.74) is 1.40. The zero-order chi connectivity index (χ0) is 10.8. The van der Waals surface area contributed by atoms with Crippen molar-refractivity contribution in [3.8, 4) is 5.69 Å². The number of benzene rings is 1. The Morgan fingerprint density at radius 2 is 2.13 bits per heavy atom. The summed E-state index contributed by atoms with van der Waals surface area (Å²) >= 11 is 0. The van der Waals surface area contributed by atoms with Gasteiger partial charge in [0.05, 0.1) is 11.3 Å². The van der Waals surface area contributed by atoms with E-state index in [4.69, 9.17) is 0 Å². The predicted octanol–water partition coefficient (Wildman–Crippen LogP) is 2.13. The first-order valence-corrected chi connectivity index (χ1v) is 4.48. The van der Waals surface area contributed by atoms with Crippen molar-refractivity contribution in [1.29, 1.82) is 0 Å². The van der Waals surface area contributed by atoms with Crippen LogP contribution >= 0.6 is 0 Å². The number of nitrogens with zero attached hydrogens (tertiary/aromatic N) is 2. The number of hydrogen-bond donors (Lipinski definition) is 0. The van der Waals surface area contributed by atoms with Crippen LogP contribution in [0.1, 0.15) is 16.1 Å². The van der Waals surface area contributed by atoms with Gasteiger partial charge < -0.3 is 0 Å². The SMILES string of the molecule is Cc1nn(-c2ccccc2F)cc1C=O. The average molecular weight is 204 g/mol. The van der Waals surface area contributed by atoms with E-state index in [2.05, 4.69) is 5.10 Å². The summed E-state index contributed by atoms with van der Waals surface area (Å²) in [5.74, 6) is -0.363. The summed E-state index contributed by atoms with van der Waals surface area (Å²) < 4.78 is 14.7. The quantitative estimate of drug-likeness (QED) is 0.702. The Balaban J connectivity index is 2.55. The molecule has 0 bridgehead atoms. The van der Waals surface area contributed by atoms with Crippen molar-refractivity contribution in [3.05, 3.63) is 47.5 Å². The van der Waals surface area contributed by atoms with E-state index >= 15 is 0 Å². The minimum atomic E-state index is -0.363. The third-order valence-electron chi connectivity index (χ3n) is 2.16. The van der Waals surface area contributed by atoms with Gasteiger partial charge in [-0.25, -0.2) is 9.07 Å². The van der Waals surface area contributed by atoms with Gasteiger partial charge in [-0.2, -0.15) is 5.10 Å². The van der Waals surface area contributed by atoms with Gasteiger partial charge in [0.15, 0.2) is 6.29 Å². The highest BCUT2D eigenvalue weighted by atomic mass is 19.1. The molecule has 1 heterocycles. The summed E-state index contributed by atoms with van der Waals surface area (Å²) in [6.45, 7) is 1.71. The average Bonchev–Trinajstić information content (AvgIpc) is 2.60. The molecule has 76 valence electrons. The second-order valence-electron chi connectivity index (χ2n) is 3.18. The number of para-hydroxylation sites is 1. The smallest absolute Gasteiger partial charge is 0.153 e. The molecular formula is C11H9FN2O. The van der Waals surface area contributed by atoms with Crippen molar-refractivity contribution in [2.75, 3.05) is 0 Å². The topological polar surface area (TPSA) is 34.9 Å². The molecule has 0 aliphatic heterocycles. The van der Waals surface area contributed by atoms with Crippen LogP contribution in [0.2, 0.25) is 0 Å². The van der Waals surface area contributed by atoms with E-state index in [1.54, 1.807) is 25.1 Å². The maximum absolute atomic E-state index is 13.4. The summed E-state index contributed by atoms with van der Waals surface area (Å²) in [4.78, 5) is 10.6. The van der Waals surface area contributed by atoms with E-state index in [1.807, 2.05) is 0 Å². The lowest BCUT2D eigenvalue weighted by atomic mass is 10.3. The van der Waals surface area contributed by atoms with Crippen molar-refractivity contribution < 1.29 is 9.18 Å². The molecule has 0 aliphatic carbocycles. The van der Waals surface area contributed by atoms with Crippen LogP contribution in [0, 0.1) is 12.7 Å². The molecule has 0 spiro atoms. The molecule has 1 aromatic carbocycles. The fourth-order valence-corrected chi connectivity index (χ4v) is 1.35. The van der Waals surface area contributed by atoms with Gasteiger partial charge in [0.25, 0.3) is 0 Å². The molecule has 3 nitrogen and oxygen atoms in total. The van der Waals surface area contributed by atoms with E-state index < -0.39 is 0 Å². The number of halogens is 1. The Labute approximate surface area is 86.2 Å². The van der Waals surface area contributed by atoms with Crippen LogP contribution in [0.25, 0.3) is 5.69 Å². The van der Waals surface area contributed by atoms with Crippen LogP contribution in [0.5, 0.6) is 0 Å². The minimum absolute atomic E-state index is 0.341. The molecule has 0 N–H and O–H groups in total. The highest BCUT2D eigenvalue weighted by molar-refractivity contribution is 5.76. The van der Waals surface area contributed by atoms with Gasteiger partial charge in [0.1, 0.15) is 11.5 Å². The Morgan fingerprint density at radius 1 is 1.40 bits per heavy atom. The largest absolute Gasteiger partial charge is 0.298 e. The molecule has 2 rings (SSSR count). The molecular weight excluding hydrogens is 195 g/mol. The molecule has 0 saturated carbocycles. The minimum Gasteiger partial charge on any atom is -0.298 e. The van der Waals surface area contributed by atoms with Crippen LogP contribution in [0.3, 0.4) is 0 Å². The van der Waals surface area contributed by atoms with E-state index in [1.165, 1.54) is 16.9 Å². The maximum atomic E-state index is 13.4. The summed E-state index contributed by atoms with van der Waals surface area (Å²) in [7, 11) is 0. The predicted molar refractivity (Wildman–Crippen MR) is 53.6 cm³/mol. The molecule has 0 unspecified atom stereocenters. The third kappa shape index (κ3) is 1.66. The van der Waals surface area contributed by atoms with Crippen molar-refractivity contribution in [2.24, 2.45) is 0 Å². The molecule has 4 heteroatoms. The zero-order valence-electron chi connectivity index (χ0n) is 8.14. The van der Waals surface area contributed by atoms with E-state index in [0.717, 1.165) is 0 Å². The van der Waals surface area contributed by atoms with Gasteiger partial charge in [-0.05, 0) is 19.1 Å². The van der Waals surface area contributed by atoms with Crippen LogP contribution < -0.4 is 0 Å². The van der Waals surface area contributed by atoms with Gasteiger partial charge in [-0.3, -0.25) is 4.79 Å². The number of aryl methyl sites for hydroxylation is 1. The van der Waals surface area contributed by atoms with Gasteiger partial charge in [0, 0.05) is 6.20 Å². The Morgan fingerprint density at radius 3 is 2.73 bits per heavy atom. The summed E-state index contributed by atoms with van der Waals surface area (Å²) in [6.07, 6.45) is 2.22. The Hall–Kier alpha value is -1.97. The first kappa shape index (κ1) is 9.58. The lowest BCUT2D eigenvalue weighted by molar-refractivity contribution is 0.112. The van der Waals surface area contributed by atoms with Gasteiger partial charge in [0.2, 0.25) is 0 Å². The fraction of sp³-hybridized carbons (Fsp3) is 0.0909. The zero-order valence-corrected chi connectivity index (χ0v) is 8.14. The molecule has 1 aromatic heterocycles. The van der Waals surface area contributed by atoms with Gasteiger partial charge >= 0.3 is 0 Å². The van der Waals surface area contributed by atoms with Crippen molar-refractivity contribution in [2.45, 2.75) is 6.92 Å². The molecule has 0 radical (unpaired) electrons. The lowest BCUT2D eigenvalue weighted by Crippen LogP contribution is -1.97. The van der Waals surface area contributed by atoms with Crippen LogP contribution in [0.4, 0.5) is 4.39 Å². The van der Waals surface area contributed by atoms with E-state index in [-0.39, 0.29) is 5.82 Å². The number of carbonyl (C=O) groups excluding carboxylic acids is 1. The fourth-order valence-electron chi connectivity index (χ4n) is 1.35. The second kappa shape index (κ2) is 3.65. The highest BCUT2D eigenvalue weighted by Crippen LogP contribution is 2.13. The molecule has 0 fully saturated rings. The van der Waals surface area contributed by atoms with Crippen LogP contribution in [-0.4, -0.2) is 16.1 Å². The Bertz CT molecular complexity index is 505. The highest BCUT2D eigenvalue weighted by Gasteiger charge is 2.08. The van der Waals surface area contributed by atoms with Gasteiger partial charge in [-0.15, -0.1) is 0 Å². The first-order valence-electron chi connectivity index (χ1n) is 4.48. The standard InChI is InChI=1S/C11H9FN2O/c1-8-9(7-15)6-14(13-8)11-5-3-2-4-10(11)12/h2-7H,1H3. The monoisotopic (exact) mass is 204 g/mol.